The molecule has 0 saturated carbocycles. The molecule has 0 spiro atoms. The summed E-state index contributed by atoms with van der Waals surface area (Å²) < 4.78 is 1.86. The zero-order valence-corrected chi connectivity index (χ0v) is 10.2. The third-order valence-electron chi connectivity index (χ3n) is 2.51. The summed E-state index contributed by atoms with van der Waals surface area (Å²) in [5.74, 6) is 0.854. The molecule has 86 valence electrons. The molecular weight excluding hydrogens is 190 g/mol. The summed E-state index contributed by atoms with van der Waals surface area (Å²) >= 11 is 0. The van der Waals surface area contributed by atoms with E-state index in [9.17, 15) is 5.11 Å². The first kappa shape index (κ1) is 12.2. The van der Waals surface area contributed by atoms with Gasteiger partial charge in [0.2, 0.25) is 0 Å². The van der Waals surface area contributed by atoms with Crippen molar-refractivity contribution in [2.75, 3.05) is 0 Å². The Hall–Kier alpha value is -0.900. The zero-order valence-electron chi connectivity index (χ0n) is 10.2. The molecule has 1 heterocycles. The highest BCUT2D eigenvalue weighted by atomic mass is 16.3. The monoisotopic (exact) mass is 211 g/mol. The Labute approximate surface area is 91.3 Å². The maximum absolute atomic E-state index is 9.98. The molecule has 1 N–H and O–H groups in total. The molecule has 4 heteroatoms. The van der Waals surface area contributed by atoms with Crippen LogP contribution in [0.2, 0.25) is 0 Å². The number of aliphatic hydroxyl groups is 1. The highest BCUT2D eigenvalue weighted by Crippen LogP contribution is 2.22. The molecule has 0 aliphatic heterocycles. The van der Waals surface area contributed by atoms with Gasteiger partial charge in [-0.25, -0.2) is 9.67 Å². The minimum Gasteiger partial charge on any atom is -0.392 e. The Morgan fingerprint density at radius 1 is 1.40 bits per heavy atom. The standard InChI is InChI=1S/C11H21N3O/c1-8(2)14-10(12-7-13-14)6-9(15)11(3,4)5/h7-9,15H,6H2,1-5H3. The van der Waals surface area contributed by atoms with E-state index in [1.54, 1.807) is 6.33 Å². The average molecular weight is 211 g/mol. The minimum absolute atomic E-state index is 0.117. The van der Waals surface area contributed by atoms with Crippen LogP contribution in [-0.4, -0.2) is 26.0 Å². The maximum atomic E-state index is 9.98. The largest absolute Gasteiger partial charge is 0.392 e. The number of hydrogen-bond donors (Lipinski definition) is 1. The van der Waals surface area contributed by atoms with E-state index in [4.69, 9.17) is 0 Å². The number of aromatic nitrogens is 3. The van der Waals surface area contributed by atoms with Gasteiger partial charge in [-0.1, -0.05) is 20.8 Å². The van der Waals surface area contributed by atoms with Gasteiger partial charge in [-0.05, 0) is 19.3 Å². The lowest BCUT2D eigenvalue weighted by Crippen LogP contribution is -2.29. The molecule has 0 saturated heterocycles. The summed E-state index contributed by atoms with van der Waals surface area (Å²) in [7, 11) is 0. The number of aliphatic hydroxyl groups excluding tert-OH is 1. The first-order valence-corrected chi connectivity index (χ1v) is 5.39. The van der Waals surface area contributed by atoms with Crippen LogP contribution >= 0.6 is 0 Å². The Kier molecular flexibility index (Phi) is 3.50. The van der Waals surface area contributed by atoms with Crippen molar-refractivity contribution in [1.82, 2.24) is 14.8 Å². The van der Waals surface area contributed by atoms with Crippen LogP contribution in [0.3, 0.4) is 0 Å². The Morgan fingerprint density at radius 3 is 2.47 bits per heavy atom. The Bertz CT molecular complexity index is 312. The van der Waals surface area contributed by atoms with Crippen molar-refractivity contribution in [1.29, 1.82) is 0 Å². The predicted octanol–water partition coefficient (Wildman–Crippen LogP) is 1.81. The third kappa shape index (κ3) is 3.02. The molecule has 0 fully saturated rings. The van der Waals surface area contributed by atoms with E-state index in [-0.39, 0.29) is 17.6 Å². The highest BCUT2D eigenvalue weighted by Gasteiger charge is 2.24. The van der Waals surface area contributed by atoms with E-state index in [2.05, 4.69) is 23.9 Å². The van der Waals surface area contributed by atoms with E-state index in [0.29, 0.717) is 6.42 Å². The second-order valence-electron chi connectivity index (χ2n) is 5.30. The molecule has 0 aromatic carbocycles. The molecule has 0 radical (unpaired) electrons. The van der Waals surface area contributed by atoms with Crippen molar-refractivity contribution in [3.8, 4) is 0 Å². The normalized spacial score (nSPS) is 14.6. The van der Waals surface area contributed by atoms with Gasteiger partial charge < -0.3 is 5.11 Å². The quantitative estimate of drug-likeness (QED) is 0.829. The molecule has 0 bridgehead atoms. The Morgan fingerprint density at radius 2 is 2.00 bits per heavy atom. The number of nitrogens with zero attached hydrogens (tertiary/aromatic N) is 3. The zero-order chi connectivity index (χ0) is 11.6. The van der Waals surface area contributed by atoms with E-state index < -0.39 is 0 Å². The van der Waals surface area contributed by atoms with Crippen LogP contribution in [0, 0.1) is 5.41 Å². The van der Waals surface area contributed by atoms with E-state index in [1.807, 2.05) is 25.5 Å². The van der Waals surface area contributed by atoms with Crippen molar-refractivity contribution >= 4 is 0 Å². The summed E-state index contributed by atoms with van der Waals surface area (Å²) in [6.07, 6.45) is 1.71. The lowest BCUT2D eigenvalue weighted by atomic mass is 9.87. The van der Waals surface area contributed by atoms with Gasteiger partial charge in [-0.15, -0.1) is 0 Å². The third-order valence-corrected chi connectivity index (χ3v) is 2.51. The van der Waals surface area contributed by atoms with E-state index in [0.717, 1.165) is 5.82 Å². The molecule has 1 rings (SSSR count). The van der Waals surface area contributed by atoms with Gasteiger partial charge >= 0.3 is 0 Å². The Balaban J connectivity index is 2.77. The fourth-order valence-electron chi connectivity index (χ4n) is 1.33. The fraction of sp³-hybridized carbons (Fsp3) is 0.818. The maximum Gasteiger partial charge on any atom is 0.138 e. The van der Waals surface area contributed by atoms with Gasteiger partial charge in [0.05, 0.1) is 6.10 Å². The summed E-state index contributed by atoms with van der Waals surface area (Å²) in [4.78, 5) is 4.18. The van der Waals surface area contributed by atoms with Crippen molar-refractivity contribution in [2.45, 2.75) is 53.2 Å². The first-order valence-electron chi connectivity index (χ1n) is 5.39. The fourth-order valence-corrected chi connectivity index (χ4v) is 1.33. The SMILES string of the molecule is CC(C)n1ncnc1CC(O)C(C)(C)C. The van der Waals surface area contributed by atoms with Gasteiger partial charge in [0.25, 0.3) is 0 Å². The van der Waals surface area contributed by atoms with Gasteiger partial charge in [-0.3, -0.25) is 0 Å². The number of rotatable bonds is 3. The van der Waals surface area contributed by atoms with E-state index in [1.165, 1.54) is 0 Å². The smallest absolute Gasteiger partial charge is 0.138 e. The first-order chi connectivity index (χ1) is 6.82. The van der Waals surface area contributed by atoms with Crippen LogP contribution in [-0.2, 0) is 6.42 Å². The van der Waals surface area contributed by atoms with Crippen molar-refractivity contribution in [2.24, 2.45) is 5.41 Å². The lowest BCUT2D eigenvalue weighted by Gasteiger charge is -2.25. The van der Waals surface area contributed by atoms with Crippen molar-refractivity contribution in [3.05, 3.63) is 12.2 Å². The van der Waals surface area contributed by atoms with Crippen molar-refractivity contribution < 1.29 is 5.11 Å². The van der Waals surface area contributed by atoms with Crippen LogP contribution in [0.1, 0.15) is 46.5 Å². The summed E-state index contributed by atoms with van der Waals surface area (Å²) in [6, 6.07) is 0.287. The van der Waals surface area contributed by atoms with Gasteiger partial charge in [0.15, 0.2) is 0 Å². The molecule has 1 unspecified atom stereocenters. The van der Waals surface area contributed by atoms with Crippen LogP contribution in [0.5, 0.6) is 0 Å². The molecule has 1 atom stereocenters. The summed E-state index contributed by atoms with van der Waals surface area (Å²) in [6.45, 7) is 10.2. The molecule has 1 aromatic rings. The van der Waals surface area contributed by atoms with Crippen LogP contribution in [0.15, 0.2) is 6.33 Å². The summed E-state index contributed by atoms with van der Waals surface area (Å²) in [5, 5.41) is 14.1. The van der Waals surface area contributed by atoms with Crippen molar-refractivity contribution in [3.63, 3.8) is 0 Å². The van der Waals surface area contributed by atoms with E-state index >= 15 is 0 Å². The van der Waals surface area contributed by atoms with Crippen LogP contribution < -0.4 is 0 Å². The van der Waals surface area contributed by atoms with Crippen LogP contribution in [0.25, 0.3) is 0 Å². The summed E-state index contributed by atoms with van der Waals surface area (Å²) in [5.41, 5.74) is -0.117. The average Bonchev–Trinajstić information content (AvgIpc) is 2.50. The number of hydrogen-bond acceptors (Lipinski definition) is 3. The van der Waals surface area contributed by atoms with Gasteiger partial charge in [0, 0.05) is 12.5 Å². The second kappa shape index (κ2) is 4.31. The molecule has 0 amide bonds. The molecule has 1 aromatic heterocycles. The molecule has 0 aliphatic rings. The second-order valence-corrected chi connectivity index (χ2v) is 5.30. The minimum atomic E-state index is -0.390. The highest BCUT2D eigenvalue weighted by molar-refractivity contribution is 4.92. The van der Waals surface area contributed by atoms with Gasteiger partial charge in [-0.2, -0.15) is 5.10 Å². The lowest BCUT2D eigenvalue weighted by molar-refractivity contribution is 0.0606. The topological polar surface area (TPSA) is 50.9 Å². The van der Waals surface area contributed by atoms with Gasteiger partial charge in [0.1, 0.15) is 12.2 Å². The molecule has 15 heavy (non-hydrogen) atoms. The molecular formula is C11H21N3O. The molecule has 0 aliphatic carbocycles. The predicted molar refractivity (Wildman–Crippen MR) is 59.6 cm³/mol. The van der Waals surface area contributed by atoms with Crippen LogP contribution in [0.4, 0.5) is 0 Å². The molecule has 4 nitrogen and oxygen atoms in total.